The Hall–Kier alpha value is 0.110. The van der Waals surface area contributed by atoms with Gasteiger partial charge in [0, 0.05) is 5.75 Å². The van der Waals surface area contributed by atoms with E-state index < -0.39 is 11.0 Å². The molecule has 2 nitrogen and oxygen atoms in total. The third-order valence-corrected chi connectivity index (χ3v) is 1.73. The van der Waals surface area contributed by atoms with Gasteiger partial charge in [-0.15, -0.1) is 0 Å². The fourth-order valence-electron chi connectivity index (χ4n) is 0.427. The lowest BCUT2D eigenvalue weighted by molar-refractivity contribution is 0.474. The molecule has 0 unspecified atom stereocenters. The molecule has 0 aromatic carbocycles. The van der Waals surface area contributed by atoms with Gasteiger partial charge in [0.1, 0.15) is 0 Å². The highest BCUT2D eigenvalue weighted by atomic mass is 32.2. The average molecular weight is 135 g/mol. The summed E-state index contributed by atoms with van der Waals surface area (Å²) < 4.78 is 10.3. The molecule has 0 aliphatic heterocycles. The summed E-state index contributed by atoms with van der Waals surface area (Å²) in [4.78, 5) is 0. The topological polar surface area (TPSA) is 43.1 Å². The lowest BCUT2D eigenvalue weighted by Crippen LogP contribution is -2.20. The molecule has 8 heavy (non-hydrogen) atoms. The highest BCUT2D eigenvalue weighted by molar-refractivity contribution is 7.82. The van der Waals surface area contributed by atoms with Crippen LogP contribution in [0.5, 0.6) is 0 Å². The van der Waals surface area contributed by atoms with Gasteiger partial charge in [0.05, 0.1) is 11.0 Å². The molecule has 0 radical (unpaired) electrons. The van der Waals surface area contributed by atoms with Crippen LogP contribution in [-0.4, -0.2) is 9.96 Å². The van der Waals surface area contributed by atoms with Gasteiger partial charge in [-0.3, -0.25) is 5.14 Å². The van der Waals surface area contributed by atoms with E-state index in [1.807, 2.05) is 20.8 Å². The van der Waals surface area contributed by atoms with Gasteiger partial charge in [0.25, 0.3) is 0 Å². The summed E-state index contributed by atoms with van der Waals surface area (Å²) in [6, 6.07) is 0. The van der Waals surface area contributed by atoms with E-state index in [2.05, 4.69) is 0 Å². The first kappa shape index (κ1) is 8.11. The molecule has 3 heteroatoms. The second-order valence-corrected chi connectivity index (χ2v) is 4.14. The number of rotatable bonds is 1. The third kappa shape index (κ3) is 6.11. The smallest absolute Gasteiger partial charge is 0.0893 e. The Bertz CT molecular complexity index is 95.1. The Balaban J connectivity index is 3.55. The summed E-state index contributed by atoms with van der Waals surface area (Å²) in [7, 11) is -1.14. The zero-order valence-corrected chi connectivity index (χ0v) is 6.42. The van der Waals surface area contributed by atoms with E-state index in [-0.39, 0.29) is 5.41 Å². The van der Waals surface area contributed by atoms with Crippen LogP contribution in [0.4, 0.5) is 0 Å². The van der Waals surface area contributed by atoms with Gasteiger partial charge in [0.2, 0.25) is 0 Å². The number of nitrogens with two attached hydrogens (primary N) is 1. The van der Waals surface area contributed by atoms with Crippen LogP contribution in [0.2, 0.25) is 0 Å². The Morgan fingerprint density at radius 3 is 1.88 bits per heavy atom. The third-order valence-electron chi connectivity index (χ3n) is 0.575. The molecule has 0 fully saturated rings. The molecule has 0 aliphatic rings. The molecule has 0 aliphatic carbocycles. The monoisotopic (exact) mass is 135 g/mol. The largest absolute Gasteiger partial charge is 0.252 e. The van der Waals surface area contributed by atoms with E-state index in [0.717, 1.165) is 0 Å². The van der Waals surface area contributed by atoms with Crippen LogP contribution in [0.3, 0.4) is 0 Å². The van der Waals surface area contributed by atoms with Crippen LogP contribution >= 0.6 is 0 Å². The van der Waals surface area contributed by atoms with E-state index >= 15 is 0 Å². The summed E-state index contributed by atoms with van der Waals surface area (Å²) >= 11 is 0. The van der Waals surface area contributed by atoms with Crippen molar-refractivity contribution in [3.8, 4) is 0 Å². The highest BCUT2D eigenvalue weighted by Gasteiger charge is 2.11. The van der Waals surface area contributed by atoms with Gasteiger partial charge in [-0.05, 0) is 5.41 Å². The van der Waals surface area contributed by atoms with Crippen molar-refractivity contribution in [1.82, 2.24) is 0 Å². The first-order valence-corrected chi connectivity index (χ1v) is 3.93. The van der Waals surface area contributed by atoms with Crippen molar-refractivity contribution in [3.63, 3.8) is 0 Å². The molecular weight excluding hydrogens is 122 g/mol. The van der Waals surface area contributed by atoms with Crippen molar-refractivity contribution < 1.29 is 4.21 Å². The molecular formula is C5H13NOS. The summed E-state index contributed by atoms with van der Waals surface area (Å²) in [5.74, 6) is 0.576. The Morgan fingerprint density at radius 1 is 1.50 bits per heavy atom. The van der Waals surface area contributed by atoms with Gasteiger partial charge in [-0.2, -0.15) is 0 Å². The fraction of sp³-hybridized carbons (Fsp3) is 1.00. The average Bonchev–Trinajstić information content (AvgIpc) is 1.21. The summed E-state index contributed by atoms with van der Waals surface area (Å²) in [6.45, 7) is 6.04. The minimum absolute atomic E-state index is 0.0968. The predicted molar refractivity (Wildman–Crippen MR) is 36.7 cm³/mol. The summed E-state index contributed by atoms with van der Waals surface area (Å²) in [6.07, 6.45) is 0. The molecule has 0 heterocycles. The normalized spacial score (nSPS) is 16.0. The molecule has 2 N–H and O–H groups in total. The van der Waals surface area contributed by atoms with Crippen molar-refractivity contribution in [3.05, 3.63) is 0 Å². The van der Waals surface area contributed by atoms with Crippen molar-refractivity contribution >= 4 is 11.0 Å². The van der Waals surface area contributed by atoms with Gasteiger partial charge in [0.15, 0.2) is 0 Å². The van der Waals surface area contributed by atoms with Crippen molar-refractivity contribution in [2.75, 3.05) is 5.75 Å². The first-order valence-electron chi connectivity index (χ1n) is 2.54. The predicted octanol–water partition coefficient (Wildman–Crippen LogP) is 0.655. The summed E-state index contributed by atoms with van der Waals surface area (Å²) in [5, 5.41) is 5.05. The van der Waals surface area contributed by atoms with Gasteiger partial charge < -0.3 is 0 Å². The quantitative estimate of drug-likeness (QED) is 0.563. The molecule has 0 saturated carbocycles. The zero-order valence-electron chi connectivity index (χ0n) is 5.60. The Morgan fingerprint density at radius 2 is 1.88 bits per heavy atom. The minimum atomic E-state index is -1.14. The molecule has 50 valence electrons. The maximum Gasteiger partial charge on any atom is 0.0893 e. The van der Waals surface area contributed by atoms with E-state index in [0.29, 0.717) is 5.75 Å². The first-order chi connectivity index (χ1) is 3.42. The Labute approximate surface area is 53.0 Å². The van der Waals surface area contributed by atoms with Crippen LogP contribution in [0.15, 0.2) is 0 Å². The van der Waals surface area contributed by atoms with Crippen molar-refractivity contribution in [1.29, 1.82) is 0 Å². The lowest BCUT2D eigenvalue weighted by Gasteiger charge is -2.14. The fourth-order valence-corrected chi connectivity index (χ4v) is 1.28. The van der Waals surface area contributed by atoms with Gasteiger partial charge >= 0.3 is 0 Å². The van der Waals surface area contributed by atoms with Crippen molar-refractivity contribution in [2.24, 2.45) is 10.6 Å². The maximum atomic E-state index is 10.3. The van der Waals surface area contributed by atoms with Crippen LogP contribution in [0, 0.1) is 5.41 Å². The Kier molecular flexibility index (Phi) is 2.63. The van der Waals surface area contributed by atoms with Gasteiger partial charge in [-0.25, -0.2) is 4.21 Å². The molecule has 0 saturated heterocycles. The van der Waals surface area contributed by atoms with E-state index in [1.165, 1.54) is 0 Å². The second kappa shape index (κ2) is 2.60. The molecule has 0 aromatic heterocycles. The zero-order chi connectivity index (χ0) is 6.78. The molecule has 0 bridgehead atoms. The molecule has 0 rings (SSSR count). The van der Waals surface area contributed by atoms with E-state index in [9.17, 15) is 4.21 Å². The minimum Gasteiger partial charge on any atom is -0.252 e. The van der Waals surface area contributed by atoms with E-state index in [4.69, 9.17) is 5.14 Å². The molecule has 0 aromatic rings. The van der Waals surface area contributed by atoms with Crippen LogP contribution in [0.1, 0.15) is 20.8 Å². The highest BCUT2D eigenvalue weighted by Crippen LogP contribution is 2.12. The molecule has 0 amide bonds. The second-order valence-electron chi connectivity index (χ2n) is 3.09. The number of hydrogen-bond donors (Lipinski definition) is 1. The van der Waals surface area contributed by atoms with Crippen LogP contribution < -0.4 is 5.14 Å². The lowest BCUT2D eigenvalue weighted by atomic mass is 10.0. The van der Waals surface area contributed by atoms with Crippen molar-refractivity contribution in [2.45, 2.75) is 20.8 Å². The number of hydrogen-bond acceptors (Lipinski definition) is 1. The standard InChI is InChI=1S/C5H13NOS/c1-5(2,3)4-8(6)7/h4,6H2,1-3H3/t8-/m1/s1. The van der Waals surface area contributed by atoms with Crippen LogP contribution in [-0.2, 0) is 11.0 Å². The van der Waals surface area contributed by atoms with Crippen LogP contribution in [0.25, 0.3) is 0 Å². The molecule has 0 spiro atoms. The maximum absolute atomic E-state index is 10.3. The SMILES string of the molecule is CC(C)(C)C[S@](N)=O. The molecule has 1 atom stereocenters. The summed E-state index contributed by atoms with van der Waals surface area (Å²) in [5.41, 5.74) is 0.0968. The van der Waals surface area contributed by atoms with E-state index in [1.54, 1.807) is 0 Å². The van der Waals surface area contributed by atoms with Gasteiger partial charge in [-0.1, -0.05) is 20.8 Å².